The Morgan fingerprint density at radius 3 is 2.38 bits per heavy atom. The molecule has 2 N–H and O–H groups in total. The van der Waals surface area contributed by atoms with Gasteiger partial charge in [-0.05, 0) is 6.42 Å². The minimum Gasteiger partial charge on any atom is -0.481 e. The first-order valence-corrected chi connectivity index (χ1v) is 7.12. The standard InChI is InChI=1S/C14H23N3O4/c1-2-6-15-12(18)11-16-7-9-17(10-8-16)13(19)4-3-5-14(20)21/h2H,1,3-11H2,(H,15,18)(H,20,21). The zero-order valence-corrected chi connectivity index (χ0v) is 12.2. The minimum absolute atomic E-state index is 0.00740. The van der Waals surface area contributed by atoms with Crippen LogP contribution in [0, 0.1) is 0 Å². The van der Waals surface area contributed by atoms with Gasteiger partial charge in [0.05, 0.1) is 6.54 Å². The van der Waals surface area contributed by atoms with E-state index in [0.29, 0.717) is 45.7 Å². The maximum atomic E-state index is 11.9. The zero-order chi connectivity index (χ0) is 15.7. The van der Waals surface area contributed by atoms with Crippen molar-refractivity contribution in [2.24, 2.45) is 0 Å². The summed E-state index contributed by atoms with van der Waals surface area (Å²) < 4.78 is 0. The average Bonchev–Trinajstić information content (AvgIpc) is 2.45. The molecule has 0 aromatic heterocycles. The molecule has 0 aromatic rings. The fourth-order valence-electron chi connectivity index (χ4n) is 2.15. The Bertz CT molecular complexity index is 390. The van der Waals surface area contributed by atoms with E-state index in [0.717, 1.165) is 0 Å². The zero-order valence-electron chi connectivity index (χ0n) is 12.2. The summed E-state index contributed by atoms with van der Waals surface area (Å²) >= 11 is 0. The molecule has 1 heterocycles. The molecule has 0 unspecified atom stereocenters. The second-order valence-electron chi connectivity index (χ2n) is 5.00. The van der Waals surface area contributed by atoms with Crippen molar-refractivity contribution < 1.29 is 19.5 Å². The summed E-state index contributed by atoms with van der Waals surface area (Å²) in [6.07, 6.45) is 2.30. The number of nitrogens with zero attached hydrogens (tertiary/aromatic N) is 2. The van der Waals surface area contributed by atoms with E-state index in [2.05, 4.69) is 11.9 Å². The average molecular weight is 297 g/mol. The smallest absolute Gasteiger partial charge is 0.303 e. The quantitative estimate of drug-likeness (QED) is 0.600. The van der Waals surface area contributed by atoms with E-state index < -0.39 is 5.97 Å². The largest absolute Gasteiger partial charge is 0.481 e. The van der Waals surface area contributed by atoms with Crippen molar-refractivity contribution in [1.29, 1.82) is 0 Å². The van der Waals surface area contributed by atoms with E-state index >= 15 is 0 Å². The molecule has 21 heavy (non-hydrogen) atoms. The highest BCUT2D eigenvalue weighted by Crippen LogP contribution is 2.06. The molecule has 7 nitrogen and oxygen atoms in total. The number of carboxylic acid groups (broad SMARTS) is 1. The lowest BCUT2D eigenvalue weighted by molar-refractivity contribution is -0.137. The van der Waals surface area contributed by atoms with Crippen LogP contribution in [0.3, 0.4) is 0 Å². The molecule has 1 rings (SSSR count). The minimum atomic E-state index is -0.877. The van der Waals surface area contributed by atoms with Gasteiger partial charge < -0.3 is 15.3 Å². The third-order valence-electron chi connectivity index (χ3n) is 3.32. The van der Waals surface area contributed by atoms with Crippen LogP contribution in [0.1, 0.15) is 19.3 Å². The molecular formula is C14H23N3O4. The van der Waals surface area contributed by atoms with Gasteiger partial charge in [0, 0.05) is 45.6 Å². The summed E-state index contributed by atoms with van der Waals surface area (Å²) in [6, 6.07) is 0. The Kier molecular flexibility index (Phi) is 7.45. The van der Waals surface area contributed by atoms with E-state index in [1.54, 1.807) is 11.0 Å². The molecule has 1 fully saturated rings. The molecule has 2 amide bonds. The topological polar surface area (TPSA) is 90.0 Å². The van der Waals surface area contributed by atoms with Gasteiger partial charge in [-0.15, -0.1) is 6.58 Å². The normalized spacial score (nSPS) is 15.5. The Hall–Kier alpha value is -1.89. The predicted octanol–water partition coefficient (Wildman–Crippen LogP) is -0.312. The number of hydrogen-bond donors (Lipinski definition) is 2. The van der Waals surface area contributed by atoms with Crippen LogP contribution in [0.5, 0.6) is 0 Å². The van der Waals surface area contributed by atoms with Gasteiger partial charge in [-0.25, -0.2) is 0 Å². The van der Waals surface area contributed by atoms with Crippen molar-refractivity contribution >= 4 is 17.8 Å². The number of rotatable bonds is 8. The van der Waals surface area contributed by atoms with E-state index in [9.17, 15) is 14.4 Å². The number of hydrogen-bond acceptors (Lipinski definition) is 4. The molecule has 1 saturated heterocycles. The molecule has 7 heteroatoms. The van der Waals surface area contributed by atoms with Crippen LogP contribution in [-0.2, 0) is 14.4 Å². The Morgan fingerprint density at radius 2 is 1.81 bits per heavy atom. The van der Waals surface area contributed by atoms with Gasteiger partial charge in [-0.1, -0.05) is 6.08 Å². The van der Waals surface area contributed by atoms with Crippen molar-refractivity contribution in [3.05, 3.63) is 12.7 Å². The van der Waals surface area contributed by atoms with Crippen molar-refractivity contribution in [1.82, 2.24) is 15.1 Å². The molecular weight excluding hydrogens is 274 g/mol. The van der Waals surface area contributed by atoms with Gasteiger partial charge in [-0.3, -0.25) is 19.3 Å². The highest BCUT2D eigenvalue weighted by atomic mass is 16.4. The van der Waals surface area contributed by atoms with Crippen molar-refractivity contribution in [3.63, 3.8) is 0 Å². The summed E-state index contributed by atoms with van der Waals surface area (Å²) in [4.78, 5) is 37.6. The van der Waals surface area contributed by atoms with Gasteiger partial charge in [-0.2, -0.15) is 0 Å². The first kappa shape index (κ1) is 17.2. The molecule has 1 aliphatic heterocycles. The molecule has 0 aromatic carbocycles. The third-order valence-corrected chi connectivity index (χ3v) is 3.32. The number of carbonyl (C=O) groups excluding carboxylic acids is 2. The summed E-state index contributed by atoms with van der Waals surface area (Å²) in [7, 11) is 0. The predicted molar refractivity (Wildman–Crippen MR) is 77.7 cm³/mol. The maximum Gasteiger partial charge on any atom is 0.303 e. The molecule has 0 saturated carbocycles. The molecule has 0 spiro atoms. The lowest BCUT2D eigenvalue weighted by Crippen LogP contribution is -2.51. The molecule has 0 atom stereocenters. The van der Waals surface area contributed by atoms with Gasteiger partial charge in [0.1, 0.15) is 0 Å². The Balaban J connectivity index is 2.22. The number of carbonyl (C=O) groups is 3. The van der Waals surface area contributed by atoms with E-state index in [1.807, 2.05) is 4.90 Å². The van der Waals surface area contributed by atoms with Crippen LogP contribution in [0.4, 0.5) is 0 Å². The first-order chi connectivity index (χ1) is 10.0. The second-order valence-corrected chi connectivity index (χ2v) is 5.00. The van der Waals surface area contributed by atoms with E-state index in [1.165, 1.54) is 0 Å². The molecule has 1 aliphatic rings. The van der Waals surface area contributed by atoms with Crippen molar-refractivity contribution in [2.45, 2.75) is 19.3 Å². The van der Waals surface area contributed by atoms with Crippen LogP contribution in [0.15, 0.2) is 12.7 Å². The molecule has 0 radical (unpaired) electrons. The summed E-state index contributed by atoms with van der Waals surface area (Å²) in [6.45, 7) is 6.81. The number of nitrogens with one attached hydrogen (secondary N) is 1. The maximum absolute atomic E-state index is 11.9. The van der Waals surface area contributed by atoms with Gasteiger partial charge in [0.25, 0.3) is 0 Å². The second kappa shape index (κ2) is 9.12. The fourth-order valence-corrected chi connectivity index (χ4v) is 2.15. The monoisotopic (exact) mass is 297 g/mol. The highest BCUT2D eigenvalue weighted by molar-refractivity contribution is 5.78. The molecule has 0 bridgehead atoms. The summed E-state index contributed by atoms with van der Waals surface area (Å²) in [5.74, 6) is -0.929. The Labute approximate surface area is 124 Å². The molecule has 0 aliphatic carbocycles. The number of aliphatic carboxylic acids is 1. The summed E-state index contributed by atoms with van der Waals surface area (Å²) in [5.41, 5.74) is 0. The van der Waals surface area contributed by atoms with Gasteiger partial charge >= 0.3 is 5.97 Å². The number of carboxylic acids is 1. The summed E-state index contributed by atoms with van der Waals surface area (Å²) in [5, 5.41) is 11.3. The van der Waals surface area contributed by atoms with E-state index in [-0.39, 0.29) is 24.7 Å². The van der Waals surface area contributed by atoms with Crippen LogP contribution in [-0.4, -0.2) is 72.0 Å². The van der Waals surface area contributed by atoms with Crippen molar-refractivity contribution in [2.75, 3.05) is 39.3 Å². The van der Waals surface area contributed by atoms with Crippen molar-refractivity contribution in [3.8, 4) is 0 Å². The van der Waals surface area contributed by atoms with Gasteiger partial charge in [0.15, 0.2) is 0 Å². The highest BCUT2D eigenvalue weighted by Gasteiger charge is 2.21. The lowest BCUT2D eigenvalue weighted by atomic mass is 10.2. The van der Waals surface area contributed by atoms with E-state index in [4.69, 9.17) is 5.11 Å². The van der Waals surface area contributed by atoms with Crippen LogP contribution in [0.2, 0.25) is 0 Å². The lowest BCUT2D eigenvalue weighted by Gasteiger charge is -2.34. The SMILES string of the molecule is C=CCNC(=O)CN1CCN(C(=O)CCCC(=O)O)CC1. The first-order valence-electron chi connectivity index (χ1n) is 7.12. The Morgan fingerprint density at radius 1 is 1.14 bits per heavy atom. The molecule has 118 valence electrons. The number of amides is 2. The third kappa shape index (κ3) is 6.89. The van der Waals surface area contributed by atoms with Crippen LogP contribution >= 0.6 is 0 Å². The van der Waals surface area contributed by atoms with Gasteiger partial charge in [0.2, 0.25) is 11.8 Å². The number of piperazine rings is 1. The fraction of sp³-hybridized carbons (Fsp3) is 0.643. The van der Waals surface area contributed by atoms with Crippen LogP contribution < -0.4 is 5.32 Å². The van der Waals surface area contributed by atoms with Crippen LogP contribution in [0.25, 0.3) is 0 Å².